The number of rotatable bonds is 3. The summed E-state index contributed by atoms with van der Waals surface area (Å²) in [6, 6.07) is 5.31. The number of amides is 1. The van der Waals surface area contributed by atoms with Crippen LogP contribution in [-0.2, 0) is 4.74 Å². The lowest BCUT2D eigenvalue weighted by molar-refractivity contribution is 0.132. The molecule has 1 rings (SSSR count). The minimum atomic E-state index is -0.480. The summed E-state index contributed by atoms with van der Waals surface area (Å²) < 4.78 is 5.03. The zero-order chi connectivity index (χ0) is 12.1. The average molecular weight is 307 g/mol. The third-order valence-corrected chi connectivity index (χ3v) is 3.26. The first-order valence-corrected chi connectivity index (χ1v) is 6.32. The SMILES string of the molecule is Cc1ccc(NC(=O)OC(C)CBr)cc1Cl. The van der Waals surface area contributed by atoms with Gasteiger partial charge in [0.05, 0.1) is 0 Å². The topological polar surface area (TPSA) is 38.3 Å². The van der Waals surface area contributed by atoms with Gasteiger partial charge in [-0.05, 0) is 31.5 Å². The maximum Gasteiger partial charge on any atom is 0.411 e. The summed E-state index contributed by atoms with van der Waals surface area (Å²) in [5, 5.41) is 3.83. The molecule has 0 bridgehead atoms. The van der Waals surface area contributed by atoms with Crippen LogP contribution in [0.25, 0.3) is 0 Å². The van der Waals surface area contributed by atoms with Crippen molar-refractivity contribution in [1.82, 2.24) is 0 Å². The van der Waals surface area contributed by atoms with Crippen LogP contribution < -0.4 is 5.32 Å². The van der Waals surface area contributed by atoms with Gasteiger partial charge in [-0.15, -0.1) is 0 Å². The fourth-order valence-electron chi connectivity index (χ4n) is 1.03. The number of hydrogen-bond donors (Lipinski definition) is 1. The van der Waals surface area contributed by atoms with Gasteiger partial charge < -0.3 is 4.74 Å². The van der Waals surface area contributed by atoms with Crippen molar-refractivity contribution in [1.29, 1.82) is 0 Å². The van der Waals surface area contributed by atoms with E-state index in [0.717, 1.165) is 5.56 Å². The van der Waals surface area contributed by atoms with E-state index in [9.17, 15) is 4.79 Å². The molecule has 0 fully saturated rings. The maximum absolute atomic E-state index is 11.4. The lowest BCUT2D eigenvalue weighted by Crippen LogP contribution is -2.21. The number of carbonyl (C=O) groups excluding carboxylic acids is 1. The van der Waals surface area contributed by atoms with Gasteiger partial charge in [0.2, 0.25) is 0 Å². The Morgan fingerprint density at radius 3 is 2.88 bits per heavy atom. The highest BCUT2D eigenvalue weighted by Crippen LogP contribution is 2.20. The van der Waals surface area contributed by atoms with E-state index >= 15 is 0 Å². The smallest absolute Gasteiger partial charge is 0.411 e. The number of carbonyl (C=O) groups is 1. The monoisotopic (exact) mass is 305 g/mol. The number of ether oxygens (including phenoxy) is 1. The molecule has 1 aromatic carbocycles. The van der Waals surface area contributed by atoms with E-state index in [2.05, 4.69) is 21.2 Å². The fourth-order valence-corrected chi connectivity index (χ4v) is 1.34. The third kappa shape index (κ3) is 4.02. The Kier molecular flexibility index (Phi) is 5.09. The Morgan fingerprint density at radius 1 is 1.62 bits per heavy atom. The molecule has 0 radical (unpaired) electrons. The standard InChI is InChI=1S/C11H13BrClNO2/c1-7-3-4-9(5-10(7)13)14-11(15)16-8(2)6-12/h3-5,8H,6H2,1-2H3,(H,14,15). The maximum atomic E-state index is 11.4. The summed E-state index contributed by atoms with van der Waals surface area (Å²) >= 11 is 9.15. The van der Waals surface area contributed by atoms with E-state index in [1.54, 1.807) is 19.1 Å². The van der Waals surface area contributed by atoms with Crippen molar-refractivity contribution in [3.05, 3.63) is 28.8 Å². The molecular formula is C11H13BrClNO2. The van der Waals surface area contributed by atoms with Gasteiger partial charge in [0.15, 0.2) is 0 Å². The molecule has 1 aromatic rings. The van der Waals surface area contributed by atoms with E-state index in [4.69, 9.17) is 16.3 Å². The Labute approximate surface area is 108 Å². The van der Waals surface area contributed by atoms with Crippen molar-refractivity contribution in [3.63, 3.8) is 0 Å². The van der Waals surface area contributed by atoms with Crippen molar-refractivity contribution in [2.45, 2.75) is 20.0 Å². The lowest BCUT2D eigenvalue weighted by Gasteiger charge is -2.11. The normalized spacial score (nSPS) is 12.0. The Morgan fingerprint density at radius 2 is 2.31 bits per heavy atom. The molecule has 0 saturated carbocycles. The molecule has 1 N–H and O–H groups in total. The van der Waals surface area contributed by atoms with Crippen LogP contribution in [0.3, 0.4) is 0 Å². The predicted octanol–water partition coefficient (Wildman–Crippen LogP) is 3.98. The van der Waals surface area contributed by atoms with E-state index in [1.807, 2.05) is 13.0 Å². The van der Waals surface area contributed by atoms with Crippen LogP contribution in [0.2, 0.25) is 5.02 Å². The van der Waals surface area contributed by atoms with Gasteiger partial charge in [-0.25, -0.2) is 4.79 Å². The highest BCUT2D eigenvalue weighted by molar-refractivity contribution is 9.09. The molecule has 3 nitrogen and oxygen atoms in total. The van der Waals surface area contributed by atoms with E-state index in [-0.39, 0.29) is 6.10 Å². The first-order valence-electron chi connectivity index (χ1n) is 4.82. The summed E-state index contributed by atoms with van der Waals surface area (Å²) in [5.41, 5.74) is 1.59. The molecule has 0 spiro atoms. The summed E-state index contributed by atoms with van der Waals surface area (Å²) in [6.07, 6.45) is -0.646. The summed E-state index contributed by atoms with van der Waals surface area (Å²) in [6.45, 7) is 3.70. The lowest BCUT2D eigenvalue weighted by atomic mass is 10.2. The number of nitrogens with one attached hydrogen (secondary N) is 1. The molecule has 0 aliphatic carbocycles. The molecule has 0 saturated heterocycles. The fraction of sp³-hybridized carbons (Fsp3) is 0.364. The molecule has 0 aliphatic rings. The highest BCUT2D eigenvalue weighted by Gasteiger charge is 2.08. The minimum Gasteiger partial charge on any atom is -0.445 e. The first-order chi connectivity index (χ1) is 7.52. The van der Waals surface area contributed by atoms with Crippen molar-refractivity contribution in [2.24, 2.45) is 0 Å². The summed E-state index contributed by atoms with van der Waals surface area (Å²) in [4.78, 5) is 11.4. The summed E-state index contributed by atoms with van der Waals surface area (Å²) in [5.74, 6) is 0. The van der Waals surface area contributed by atoms with Crippen LogP contribution in [0.4, 0.5) is 10.5 Å². The third-order valence-electron chi connectivity index (χ3n) is 1.94. The van der Waals surface area contributed by atoms with Crippen LogP contribution >= 0.6 is 27.5 Å². The molecule has 1 unspecified atom stereocenters. The van der Waals surface area contributed by atoms with Gasteiger partial charge in [-0.1, -0.05) is 33.6 Å². The van der Waals surface area contributed by atoms with Crippen LogP contribution in [0, 0.1) is 6.92 Å². The number of alkyl halides is 1. The Hall–Kier alpha value is -0.740. The van der Waals surface area contributed by atoms with Gasteiger partial charge in [-0.2, -0.15) is 0 Å². The number of hydrogen-bond acceptors (Lipinski definition) is 2. The van der Waals surface area contributed by atoms with Crippen molar-refractivity contribution >= 4 is 39.3 Å². The molecule has 1 amide bonds. The molecule has 1 atom stereocenters. The van der Waals surface area contributed by atoms with E-state index in [1.165, 1.54) is 0 Å². The number of aryl methyl sites for hydroxylation is 1. The van der Waals surface area contributed by atoms with Gasteiger partial charge in [0.1, 0.15) is 6.10 Å². The van der Waals surface area contributed by atoms with Crippen molar-refractivity contribution < 1.29 is 9.53 Å². The average Bonchev–Trinajstić information content (AvgIpc) is 2.23. The molecule has 5 heteroatoms. The molecule has 0 aromatic heterocycles. The minimum absolute atomic E-state index is 0.166. The van der Waals surface area contributed by atoms with Gasteiger partial charge in [0, 0.05) is 16.0 Å². The van der Waals surface area contributed by atoms with Gasteiger partial charge in [0.25, 0.3) is 0 Å². The van der Waals surface area contributed by atoms with Gasteiger partial charge in [-0.3, -0.25) is 5.32 Å². The quantitative estimate of drug-likeness (QED) is 0.858. The number of halogens is 2. The van der Waals surface area contributed by atoms with E-state index in [0.29, 0.717) is 16.0 Å². The zero-order valence-electron chi connectivity index (χ0n) is 9.09. The highest BCUT2D eigenvalue weighted by atomic mass is 79.9. The van der Waals surface area contributed by atoms with E-state index < -0.39 is 6.09 Å². The molecule has 16 heavy (non-hydrogen) atoms. The summed E-state index contributed by atoms with van der Waals surface area (Å²) in [7, 11) is 0. The second-order valence-electron chi connectivity index (χ2n) is 3.46. The van der Waals surface area contributed by atoms with Crippen molar-refractivity contribution in [3.8, 4) is 0 Å². The Balaban J connectivity index is 2.59. The zero-order valence-corrected chi connectivity index (χ0v) is 11.4. The first kappa shape index (κ1) is 13.3. The van der Waals surface area contributed by atoms with Crippen LogP contribution in [-0.4, -0.2) is 17.5 Å². The predicted molar refractivity (Wildman–Crippen MR) is 69.5 cm³/mol. The largest absolute Gasteiger partial charge is 0.445 e. The van der Waals surface area contributed by atoms with Crippen LogP contribution in [0.15, 0.2) is 18.2 Å². The number of benzene rings is 1. The van der Waals surface area contributed by atoms with Gasteiger partial charge >= 0.3 is 6.09 Å². The van der Waals surface area contributed by atoms with Crippen molar-refractivity contribution in [2.75, 3.05) is 10.6 Å². The molecule has 88 valence electrons. The Bertz CT molecular complexity index is 384. The van der Waals surface area contributed by atoms with Crippen LogP contribution in [0.5, 0.6) is 0 Å². The number of anilines is 1. The molecule has 0 aliphatic heterocycles. The van der Waals surface area contributed by atoms with Crippen LogP contribution in [0.1, 0.15) is 12.5 Å². The molecular weight excluding hydrogens is 293 g/mol. The second kappa shape index (κ2) is 6.11. The molecule has 0 heterocycles. The second-order valence-corrected chi connectivity index (χ2v) is 4.51.